The number of halogens is 2. The predicted octanol–water partition coefficient (Wildman–Crippen LogP) is 3.45. The van der Waals surface area contributed by atoms with Gasteiger partial charge in [-0.2, -0.15) is 0 Å². The van der Waals surface area contributed by atoms with Gasteiger partial charge in [-0.3, -0.25) is 4.98 Å². The van der Waals surface area contributed by atoms with Crippen LogP contribution < -0.4 is 10.2 Å². The normalized spacial score (nSPS) is 15.2. The Morgan fingerprint density at radius 1 is 1.20 bits per heavy atom. The Morgan fingerprint density at radius 3 is 2.60 bits per heavy atom. The molecule has 3 rings (SSSR count). The summed E-state index contributed by atoms with van der Waals surface area (Å²) >= 11 is 3.74. The number of piperazine rings is 1. The second-order valence-corrected chi connectivity index (χ2v) is 5.91. The summed E-state index contributed by atoms with van der Waals surface area (Å²) in [6.07, 6.45) is 0. The quantitative estimate of drug-likeness (QED) is 0.848. The molecular formula is C15H19BrClN3. The molecule has 1 aromatic heterocycles. The third-order valence-electron chi connectivity index (χ3n) is 3.65. The maximum Gasteiger partial charge on any atom is 0.0727 e. The number of anilines is 1. The monoisotopic (exact) mass is 355 g/mol. The molecule has 0 radical (unpaired) electrons. The summed E-state index contributed by atoms with van der Waals surface area (Å²) in [5.74, 6) is 0. The Labute approximate surface area is 134 Å². The summed E-state index contributed by atoms with van der Waals surface area (Å²) < 4.78 is 1.13. The number of nitrogens with zero attached hydrogens (tertiary/aromatic N) is 2. The molecule has 1 aliphatic rings. The number of hydrogen-bond donors (Lipinski definition) is 1. The van der Waals surface area contributed by atoms with Crippen molar-refractivity contribution in [2.45, 2.75) is 13.8 Å². The van der Waals surface area contributed by atoms with Crippen LogP contribution in [0.25, 0.3) is 10.9 Å². The second-order valence-electron chi connectivity index (χ2n) is 5.12. The van der Waals surface area contributed by atoms with Crippen LogP contribution in [0.15, 0.2) is 22.7 Å². The summed E-state index contributed by atoms with van der Waals surface area (Å²) in [5.41, 5.74) is 4.72. The Morgan fingerprint density at radius 2 is 1.90 bits per heavy atom. The zero-order valence-corrected chi connectivity index (χ0v) is 14.1. The first-order chi connectivity index (χ1) is 9.16. The largest absolute Gasteiger partial charge is 0.367 e. The standard InChI is InChI=1S/C15H18BrN3.ClH/c1-10-3-4-13-12(9-10)15(14(16)11(2)18-13)19-7-5-17-6-8-19;/h3-4,9,17H,5-8H2,1-2H3;1H. The molecule has 108 valence electrons. The molecule has 0 aliphatic carbocycles. The summed E-state index contributed by atoms with van der Waals surface area (Å²) in [6.45, 7) is 8.38. The van der Waals surface area contributed by atoms with Crippen molar-refractivity contribution >= 4 is 44.9 Å². The molecule has 20 heavy (non-hydrogen) atoms. The number of nitrogens with one attached hydrogen (secondary N) is 1. The van der Waals surface area contributed by atoms with Crippen LogP contribution in [0.4, 0.5) is 5.69 Å². The van der Waals surface area contributed by atoms with E-state index in [0.29, 0.717) is 0 Å². The zero-order chi connectivity index (χ0) is 13.4. The molecule has 0 unspecified atom stereocenters. The van der Waals surface area contributed by atoms with Gasteiger partial charge in [0.15, 0.2) is 0 Å². The third-order valence-corrected chi connectivity index (χ3v) is 4.60. The van der Waals surface area contributed by atoms with Gasteiger partial charge in [0.05, 0.1) is 21.4 Å². The molecule has 0 bridgehead atoms. The Bertz CT molecular complexity index is 624. The van der Waals surface area contributed by atoms with E-state index in [4.69, 9.17) is 0 Å². The minimum absolute atomic E-state index is 0. The van der Waals surface area contributed by atoms with Crippen molar-refractivity contribution in [3.63, 3.8) is 0 Å². The smallest absolute Gasteiger partial charge is 0.0727 e. The summed E-state index contributed by atoms with van der Waals surface area (Å²) in [4.78, 5) is 7.14. The van der Waals surface area contributed by atoms with Gasteiger partial charge in [-0.15, -0.1) is 12.4 Å². The number of aromatic nitrogens is 1. The van der Waals surface area contributed by atoms with Crippen molar-refractivity contribution in [1.29, 1.82) is 0 Å². The summed E-state index contributed by atoms with van der Waals surface area (Å²) in [5, 5.41) is 4.65. The molecule has 2 heterocycles. The molecule has 0 spiro atoms. The highest BCUT2D eigenvalue weighted by molar-refractivity contribution is 9.10. The Kier molecular flexibility index (Phi) is 4.89. The van der Waals surface area contributed by atoms with Crippen molar-refractivity contribution < 1.29 is 0 Å². The number of benzene rings is 1. The number of fused-ring (bicyclic) bond motifs is 1. The maximum atomic E-state index is 4.68. The van der Waals surface area contributed by atoms with Crippen LogP contribution in [-0.2, 0) is 0 Å². The van der Waals surface area contributed by atoms with E-state index in [0.717, 1.165) is 41.9 Å². The van der Waals surface area contributed by atoms with Gasteiger partial charge in [0, 0.05) is 31.6 Å². The molecule has 1 saturated heterocycles. The molecule has 2 aromatic rings. The van der Waals surface area contributed by atoms with E-state index < -0.39 is 0 Å². The van der Waals surface area contributed by atoms with Gasteiger partial charge in [0.2, 0.25) is 0 Å². The van der Waals surface area contributed by atoms with Gasteiger partial charge in [-0.1, -0.05) is 11.6 Å². The fourth-order valence-electron chi connectivity index (χ4n) is 2.65. The molecule has 1 aliphatic heterocycles. The summed E-state index contributed by atoms with van der Waals surface area (Å²) in [6, 6.07) is 6.49. The Hall–Kier alpha value is -0.840. The number of rotatable bonds is 1. The first-order valence-electron chi connectivity index (χ1n) is 6.69. The SMILES string of the molecule is Cc1ccc2nc(C)c(Br)c(N3CCNCC3)c2c1.Cl. The van der Waals surface area contributed by atoms with Gasteiger partial charge in [0.1, 0.15) is 0 Å². The lowest BCUT2D eigenvalue weighted by molar-refractivity contribution is 0.589. The van der Waals surface area contributed by atoms with Gasteiger partial charge < -0.3 is 10.2 Å². The number of hydrogen-bond acceptors (Lipinski definition) is 3. The lowest BCUT2D eigenvalue weighted by Crippen LogP contribution is -2.43. The highest BCUT2D eigenvalue weighted by atomic mass is 79.9. The van der Waals surface area contributed by atoms with E-state index >= 15 is 0 Å². The van der Waals surface area contributed by atoms with Crippen LogP contribution in [0.2, 0.25) is 0 Å². The third kappa shape index (κ3) is 2.78. The molecular weight excluding hydrogens is 338 g/mol. The van der Waals surface area contributed by atoms with Crippen LogP contribution in [0, 0.1) is 13.8 Å². The molecule has 0 amide bonds. The number of aryl methyl sites for hydroxylation is 2. The average Bonchev–Trinajstić information content (AvgIpc) is 2.42. The average molecular weight is 357 g/mol. The zero-order valence-electron chi connectivity index (χ0n) is 11.7. The Balaban J connectivity index is 0.00000147. The van der Waals surface area contributed by atoms with Crippen molar-refractivity contribution in [2.24, 2.45) is 0 Å². The molecule has 5 heteroatoms. The molecule has 1 fully saturated rings. The minimum Gasteiger partial charge on any atom is -0.367 e. The van der Waals surface area contributed by atoms with Gasteiger partial charge in [-0.05, 0) is 41.9 Å². The van der Waals surface area contributed by atoms with E-state index in [1.165, 1.54) is 16.6 Å². The van der Waals surface area contributed by atoms with Crippen LogP contribution in [0.1, 0.15) is 11.3 Å². The van der Waals surface area contributed by atoms with E-state index in [1.807, 2.05) is 0 Å². The van der Waals surface area contributed by atoms with Crippen LogP contribution >= 0.6 is 28.3 Å². The lowest BCUT2D eigenvalue weighted by Gasteiger charge is -2.31. The van der Waals surface area contributed by atoms with Crippen LogP contribution in [0.5, 0.6) is 0 Å². The number of pyridine rings is 1. The van der Waals surface area contributed by atoms with Gasteiger partial charge in [-0.25, -0.2) is 0 Å². The lowest BCUT2D eigenvalue weighted by atomic mass is 10.1. The highest BCUT2D eigenvalue weighted by Gasteiger charge is 2.18. The van der Waals surface area contributed by atoms with Crippen LogP contribution in [0.3, 0.4) is 0 Å². The molecule has 0 atom stereocenters. The van der Waals surface area contributed by atoms with Crippen molar-refractivity contribution in [3.8, 4) is 0 Å². The van der Waals surface area contributed by atoms with Crippen molar-refractivity contribution in [2.75, 3.05) is 31.1 Å². The first kappa shape index (κ1) is 15.5. The highest BCUT2D eigenvalue weighted by Crippen LogP contribution is 2.36. The van der Waals surface area contributed by atoms with Gasteiger partial charge in [0.25, 0.3) is 0 Å². The molecule has 1 N–H and O–H groups in total. The topological polar surface area (TPSA) is 28.2 Å². The van der Waals surface area contributed by atoms with Crippen molar-refractivity contribution in [3.05, 3.63) is 33.9 Å². The minimum atomic E-state index is 0. The van der Waals surface area contributed by atoms with E-state index in [1.54, 1.807) is 0 Å². The van der Waals surface area contributed by atoms with Crippen molar-refractivity contribution in [1.82, 2.24) is 10.3 Å². The molecule has 1 aromatic carbocycles. The van der Waals surface area contributed by atoms with E-state index in [2.05, 4.69) is 63.2 Å². The van der Waals surface area contributed by atoms with E-state index in [9.17, 15) is 0 Å². The fraction of sp³-hybridized carbons (Fsp3) is 0.400. The summed E-state index contributed by atoms with van der Waals surface area (Å²) in [7, 11) is 0. The maximum absolute atomic E-state index is 4.68. The molecule has 0 saturated carbocycles. The molecule has 3 nitrogen and oxygen atoms in total. The fourth-order valence-corrected chi connectivity index (χ4v) is 3.21. The second kappa shape index (κ2) is 6.29. The van der Waals surface area contributed by atoms with Gasteiger partial charge >= 0.3 is 0 Å². The van der Waals surface area contributed by atoms with Crippen LogP contribution in [-0.4, -0.2) is 31.2 Å². The first-order valence-corrected chi connectivity index (χ1v) is 7.48. The van der Waals surface area contributed by atoms with E-state index in [-0.39, 0.29) is 12.4 Å². The predicted molar refractivity (Wildman–Crippen MR) is 91.2 cm³/mol.